The lowest BCUT2D eigenvalue weighted by molar-refractivity contribution is 0.454. The molecule has 10 nitrogen and oxygen atoms in total. The molecule has 0 radical (unpaired) electrons. The third-order valence-electron chi connectivity index (χ3n) is 4.94. The normalized spacial score (nSPS) is 19.7. The Morgan fingerprint density at radius 1 is 1.33 bits per heavy atom. The molecule has 0 aromatic carbocycles. The van der Waals surface area contributed by atoms with Crippen LogP contribution in [0.3, 0.4) is 0 Å². The standard InChI is InChI=1S/C17H20N8O2/c1-8(9-2-3-9)19-15-22-13-10(6-12-14(26)23-17(27)21-12)7-18-25(13)16(24-15)20-11-4-5-11/h6-9,11,26H,2-5H2,1H3,(H,19,20,24)(H2,21,23,27)/b10-6-/t8-/m1/s1. The fourth-order valence-electron chi connectivity index (χ4n) is 3.06. The first-order valence-corrected chi connectivity index (χ1v) is 9.16. The Bertz CT molecular complexity index is 1180. The lowest BCUT2D eigenvalue weighted by atomic mass is 10.2. The smallest absolute Gasteiger partial charge is 0.326 e. The molecule has 0 aliphatic heterocycles. The predicted octanol–water partition coefficient (Wildman–Crippen LogP) is -0.333. The third kappa shape index (κ3) is 3.18. The van der Waals surface area contributed by atoms with E-state index in [4.69, 9.17) is 0 Å². The Balaban J connectivity index is 1.66. The first-order chi connectivity index (χ1) is 13.1. The summed E-state index contributed by atoms with van der Waals surface area (Å²) in [6, 6.07) is 0.583. The van der Waals surface area contributed by atoms with Gasteiger partial charge in [-0.1, -0.05) is 0 Å². The molecule has 2 aliphatic rings. The molecule has 3 heterocycles. The highest BCUT2D eigenvalue weighted by Crippen LogP contribution is 2.33. The van der Waals surface area contributed by atoms with E-state index in [2.05, 4.69) is 42.3 Å². The molecule has 0 amide bonds. The van der Waals surface area contributed by atoms with Gasteiger partial charge < -0.3 is 15.4 Å². The molecule has 2 aliphatic carbocycles. The molecule has 27 heavy (non-hydrogen) atoms. The number of aromatic nitrogens is 6. The van der Waals surface area contributed by atoms with Gasteiger partial charge in [0.15, 0.2) is 5.65 Å². The van der Waals surface area contributed by atoms with Gasteiger partial charge in [-0.3, -0.25) is 4.98 Å². The number of rotatable bonds is 5. The Kier molecular flexibility index (Phi) is 3.52. The molecular weight excluding hydrogens is 348 g/mol. The van der Waals surface area contributed by atoms with Crippen LogP contribution in [0.5, 0.6) is 5.88 Å². The molecule has 3 aromatic rings. The van der Waals surface area contributed by atoms with Crippen LogP contribution in [0.15, 0.2) is 16.0 Å². The van der Waals surface area contributed by atoms with Crippen molar-refractivity contribution in [2.24, 2.45) is 10.9 Å². The van der Waals surface area contributed by atoms with Crippen LogP contribution in [0.1, 0.15) is 38.3 Å². The summed E-state index contributed by atoms with van der Waals surface area (Å²) >= 11 is 0. The van der Waals surface area contributed by atoms with E-state index in [9.17, 15) is 9.90 Å². The number of hydrogen-bond donors (Lipinski definition) is 4. The number of anilines is 1. The van der Waals surface area contributed by atoms with Crippen molar-refractivity contribution in [3.8, 4) is 5.88 Å². The number of nitrogens with one attached hydrogen (secondary N) is 3. The zero-order chi connectivity index (χ0) is 18.5. The number of aromatic hydroxyl groups is 1. The molecule has 140 valence electrons. The third-order valence-corrected chi connectivity index (χ3v) is 4.94. The number of imidazole rings is 1. The molecule has 0 saturated heterocycles. The van der Waals surface area contributed by atoms with Gasteiger partial charge in [0, 0.05) is 11.3 Å². The first kappa shape index (κ1) is 16.0. The van der Waals surface area contributed by atoms with Crippen molar-refractivity contribution in [1.82, 2.24) is 29.5 Å². The second-order valence-corrected chi connectivity index (χ2v) is 7.30. The van der Waals surface area contributed by atoms with Crippen LogP contribution in [0, 0.1) is 5.92 Å². The van der Waals surface area contributed by atoms with Crippen molar-refractivity contribution in [2.75, 3.05) is 5.32 Å². The van der Waals surface area contributed by atoms with Crippen molar-refractivity contribution >= 4 is 17.7 Å². The van der Waals surface area contributed by atoms with E-state index < -0.39 is 5.69 Å². The molecule has 0 spiro atoms. The summed E-state index contributed by atoms with van der Waals surface area (Å²) < 4.78 is 1.60. The van der Waals surface area contributed by atoms with E-state index in [1.165, 1.54) is 12.8 Å². The maximum atomic E-state index is 11.4. The van der Waals surface area contributed by atoms with E-state index in [1.54, 1.807) is 16.8 Å². The highest BCUT2D eigenvalue weighted by molar-refractivity contribution is 5.57. The Morgan fingerprint density at radius 2 is 2.15 bits per heavy atom. The molecule has 10 heteroatoms. The SMILES string of the molecule is C[C@@H](Nc1nc(=NC2CC2)n2nc/c(=C/c3[nH]c(=O)[nH]c3O)c2n1)C1CC1. The van der Waals surface area contributed by atoms with Crippen LogP contribution in [0.25, 0.3) is 11.7 Å². The molecule has 2 saturated carbocycles. The number of hydrogen-bond acceptors (Lipinski definition) is 7. The average Bonchev–Trinajstić information content (AvgIpc) is 3.53. The van der Waals surface area contributed by atoms with Gasteiger partial charge in [0.1, 0.15) is 5.69 Å². The summed E-state index contributed by atoms with van der Waals surface area (Å²) in [5.74, 6) is 0.951. The maximum absolute atomic E-state index is 11.4. The van der Waals surface area contributed by atoms with Crippen LogP contribution < -0.4 is 21.8 Å². The summed E-state index contributed by atoms with van der Waals surface area (Å²) in [4.78, 5) is 30.0. The summed E-state index contributed by atoms with van der Waals surface area (Å²) in [5.41, 5.74) is 0.876. The second-order valence-electron chi connectivity index (χ2n) is 7.30. The Labute approximate surface area is 153 Å². The minimum atomic E-state index is -0.477. The molecular formula is C17H20N8O2. The summed E-state index contributed by atoms with van der Waals surface area (Å²) in [6.45, 7) is 2.13. The van der Waals surface area contributed by atoms with Crippen molar-refractivity contribution < 1.29 is 5.11 Å². The Hall–Kier alpha value is -3.17. The number of nitrogens with zero attached hydrogens (tertiary/aromatic N) is 5. The molecule has 0 unspecified atom stereocenters. The van der Waals surface area contributed by atoms with Gasteiger partial charge in [0.2, 0.25) is 11.8 Å². The van der Waals surface area contributed by atoms with Gasteiger partial charge >= 0.3 is 5.69 Å². The highest BCUT2D eigenvalue weighted by Gasteiger charge is 2.28. The van der Waals surface area contributed by atoms with Crippen molar-refractivity contribution in [2.45, 2.75) is 44.7 Å². The fraction of sp³-hybridized carbons (Fsp3) is 0.471. The van der Waals surface area contributed by atoms with E-state index in [-0.39, 0.29) is 11.6 Å². The van der Waals surface area contributed by atoms with E-state index >= 15 is 0 Å². The quantitative estimate of drug-likeness (QED) is 0.487. The minimum Gasteiger partial charge on any atom is -0.493 e. The van der Waals surface area contributed by atoms with E-state index in [0.717, 1.165) is 12.8 Å². The molecule has 5 rings (SSSR count). The largest absolute Gasteiger partial charge is 0.493 e. The average molecular weight is 368 g/mol. The van der Waals surface area contributed by atoms with Crippen molar-refractivity contribution in [3.05, 3.63) is 33.2 Å². The van der Waals surface area contributed by atoms with E-state index in [1.807, 2.05) is 0 Å². The van der Waals surface area contributed by atoms with Crippen LogP contribution >= 0.6 is 0 Å². The monoisotopic (exact) mass is 368 g/mol. The van der Waals surface area contributed by atoms with Gasteiger partial charge in [0.25, 0.3) is 5.62 Å². The van der Waals surface area contributed by atoms with Crippen molar-refractivity contribution in [1.29, 1.82) is 0 Å². The van der Waals surface area contributed by atoms with Gasteiger partial charge in [0.05, 0.1) is 12.2 Å². The maximum Gasteiger partial charge on any atom is 0.326 e. The fourth-order valence-corrected chi connectivity index (χ4v) is 3.06. The topological polar surface area (TPSA) is 136 Å². The van der Waals surface area contributed by atoms with Crippen LogP contribution in [0.2, 0.25) is 0 Å². The zero-order valence-corrected chi connectivity index (χ0v) is 14.8. The number of H-pyrrole nitrogens is 2. The highest BCUT2D eigenvalue weighted by atomic mass is 16.3. The molecule has 2 fully saturated rings. The Morgan fingerprint density at radius 3 is 2.81 bits per heavy atom. The van der Waals surface area contributed by atoms with Gasteiger partial charge in [-0.05, 0) is 44.6 Å². The summed E-state index contributed by atoms with van der Waals surface area (Å²) in [5, 5.41) is 18.2. The van der Waals surface area contributed by atoms with Gasteiger partial charge in [-0.15, -0.1) is 0 Å². The van der Waals surface area contributed by atoms with Crippen LogP contribution in [-0.4, -0.2) is 46.7 Å². The first-order valence-electron chi connectivity index (χ1n) is 9.16. The van der Waals surface area contributed by atoms with Crippen LogP contribution in [0.4, 0.5) is 5.95 Å². The van der Waals surface area contributed by atoms with Crippen molar-refractivity contribution in [3.63, 3.8) is 0 Å². The van der Waals surface area contributed by atoms with Gasteiger partial charge in [-0.25, -0.2) is 9.79 Å². The summed E-state index contributed by atoms with van der Waals surface area (Å²) in [6.07, 6.45) is 7.81. The summed E-state index contributed by atoms with van der Waals surface area (Å²) in [7, 11) is 0. The minimum absolute atomic E-state index is 0.225. The molecule has 4 N–H and O–H groups in total. The molecule has 3 aromatic heterocycles. The zero-order valence-electron chi connectivity index (χ0n) is 14.8. The van der Waals surface area contributed by atoms with Gasteiger partial charge in [-0.2, -0.15) is 19.6 Å². The lowest BCUT2D eigenvalue weighted by Gasteiger charge is -2.12. The molecule has 0 bridgehead atoms. The number of aromatic amines is 2. The predicted molar refractivity (Wildman–Crippen MR) is 97.0 cm³/mol. The van der Waals surface area contributed by atoms with Crippen LogP contribution in [-0.2, 0) is 0 Å². The molecule has 1 atom stereocenters. The van der Waals surface area contributed by atoms with E-state index in [0.29, 0.717) is 40.4 Å². The second kappa shape index (κ2) is 5.93. The lowest BCUT2D eigenvalue weighted by Crippen LogP contribution is -2.27. The number of fused-ring (bicyclic) bond motifs is 1.